The van der Waals surface area contributed by atoms with Crippen LogP contribution in [0.3, 0.4) is 0 Å². The molecule has 0 bridgehead atoms. The van der Waals surface area contributed by atoms with Crippen molar-refractivity contribution >= 4 is 0 Å². The summed E-state index contributed by atoms with van der Waals surface area (Å²) >= 11 is 0. The largest absolute Gasteiger partial charge is 0.365 e. The molecule has 1 aliphatic rings. The zero-order valence-electron chi connectivity index (χ0n) is 7.71. The maximum atomic E-state index is 11.5. The van der Waals surface area contributed by atoms with Crippen LogP contribution in [0, 0.1) is 12.8 Å². The van der Waals surface area contributed by atoms with E-state index in [1.807, 2.05) is 6.92 Å². The third-order valence-corrected chi connectivity index (χ3v) is 2.58. The number of nitrogens with two attached hydrogens (primary N) is 1. The summed E-state index contributed by atoms with van der Waals surface area (Å²) in [6.07, 6.45) is 4.07. The number of hydrogen-bond donors (Lipinski definition) is 2. The summed E-state index contributed by atoms with van der Waals surface area (Å²) in [5.74, 6) is 0.531. The van der Waals surface area contributed by atoms with Gasteiger partial charge in [0.15, 0.2) is 5.43 Å². The number of aromatic nitrogens is 1. The van der Waals surface area contributed by atoms with Gasteiger partial charge in [-0.25, -0.2) is 0 Å². The molecule has 3 nitrogen and oxygen atoms in total. The van der Waals surface area contributed by atoms with E-state index in [1.165, 1.54) is 0 Å². The molecule has 2 rings (SSSR count). The molecule has 0 spiro atoms. The summed E-state index contributed by atoms with van der Waals surface area (Å²) in [7, 11) is 0. The standard InChI is InChI=1S/C10H14N2O/c1-6-4-9(13)8(5-12-6)10(11)7-2-3-7/h4-5,7,10H,2-3,11H2,1H3,(H,12,13)/t10-/m0/s1. The topological polar surface area (TPSA) is 58.9 Å². The lowest BCUT2D eigenvalue weighted by atomic mass is 10.1. The second-order valence-electron chi connectivity index (χ2n) is 3.80. The van der Waals surface area contributed by atoms with Crippen LogP contribution in [0.15, 0.2) is 17.1 Å². The molecule has 0 radical (unpaired) electrons. The van der Waals surface area contributed by atoms with E-state index < -0.39 is 0 Å². The van der Waals surface area contributed by atoms with Gasteiger partial charge in [-0.1, -0.05) is 0 Å². The SMILES string of the molecule is Cc1cc(=O)c([C@@H](N)C2CC2)c[nH]1. The molecule has 3 heteroatoms. The Morgan fingerprint density at radius 3 is 2.85 bits per heavy atom. The highest BCUT2D eigenvalue weighted by molar-refractivity contribution is 5.19. The van der Waals surface area contributed by atoms with Crippen LogP contribution in [-0.4, -0.2) is 4.98 Å². The quantitative estimate of drug-likeness (QED) is 0.712. The van der Waals surface area contributed by atoms with Crippen LogP contribution >= 0.6 is 0 Å². The summed E-state index contributed by atoms with van der Waals surface area (Å²) in [5.41, 5.74) is 7.61. The number of rotatable bonds is 2. The Morgan fingerprint density at radius 2 is 2.31 bits per heavy atom. The van der Waals surface area contributed by atoms with E-state index in [1.54, 1.807) is 12.3 Å². The van der Waals surface area contributed by atoms with Crippen LogP contribution < -0.4 is 11.2 Å². The highest BCUT2D eigenvalue weighted by Crippen LogP contribution is 2.38. The zero-order chi connectivity index (χ0) is 9.42. The smallest absolute Gasteiger partial charge is 0.186 e. The van der Waals surface area contributed by atoms with E-state index in [9.17, 15) is 4.79 Å². The Labute approximate surface area is 77.0 Å². The minimum Gasteiger partial charge on any atom is -0.365 e. The van der Waals surface area contributed by atoms with E-state index in [-0.39, 0.29) is 11.5 Å². The van der Waals surface area contributed by atoms with Gasteiger partial charge in [0.25, 0.3) is 0 Å². The van der Waals surface area contributed by atoms with Crippen molar-refractivity contribution in [3.05, 3.63) is 33.7 Å². The molecule has 1 aromatic heterocycles. The summed E-state index contributed by atoms with van der Waals surface area (Å²) in [6, 6.07) is 1.54. The molecular formula is C10H14N2O. The van der Waals surface area contributed by atoms with Gasteiger partial charge in [0.1, 0.15) is 0 Å². The van der Waals surface area contributed by atoms with Crippen LogP contribution in [0.25, 0.3) is 0 Å². The van der Waals surface area contributed by atoms with Gasteiger partial charge in [0.2, 0.25) is 0 Å². The Morgan fingerprint density at radius 1 is 1.62 bits per heavy atom. The lowest BCUT2D eigenvalue weighted by Crippen LogP contribution is -2.21. The summed E-state index contributed by atoms with van der Waals surface area (Å²) < 4.78 is 0. The number of nitrogens with one attached hydrogen (secondary N) is 1. The van der Waals surface area contributed by atoms with E-state index in [4.69, 9.17) is 5.73 Å². The minimum atomic E-state index is -0.0654. The lowest BCUT2D eigenvalue weighted by molar-refractivity contribution is 0.626. The molecule has 0 aromatic carbocycles. The number of pyridine rings is 1. The highest BCUT2D eigenvalue weighted by Gasteiger charge is 2.30. The molecule has 70 valence electrons. The summed E-state index contributed by atoms with van der Waals surface area (Å²) in [6.45, 7) is 1.87. The molecule has 13 heavy (non-hydrogen) atoms. The summed E-state index contributed by atoms with van der Waals surface area (Å²) in [4.78, 5) is 14.5. The van der Waals surface area contributed by atoms with Crippen molar-refractivity contribution in [3.8, 4) is 0 Å². The molecule has 0 saturated heterocycles. The predicted octanol–water partition coefficient (Wildman–Crippen LogP) is 1.09. The average Bonchev–Trinajstić information content (AvgIpc) is 2.85. The van der Waals surface area contributed by atoms with Gasteiger partial charge in [-0.2, -0.15) is 0 Å². The highest BCUT2D eigenvalue weighted by atomic mass is 16.1. The fourth-order valence-corrected chi connectivity index (χ4v) is 1.55. The minimum absolute atomic E-state index is 0.0654. The van der Waals surface area contributed by atoms with Crippen LogP contribution in [0.1, 0.15) is 30.1 Å². The molecule has 0 aliphatic heterocycles. The second-order valence-corrected chi connectivity index (χ2v) is 3.80. The Kier molecular flexibility index (Phi) is 1.96. The van der Waals surface area contributed by atoms with E-state index in [2.05, 4.69) is 4.98 Å². The first-order valence-corrected chi connectivity index (χ1v) is 4.63. The number of aryl methyl sites for hydroxylation is 1. The maximum Gasteiger partial charge on any atom is 0.186 e. The van der Waals surface area contributed by atoms with Crippen LogP contribution in [0.5, 0.6) is 0 Å². The van der Waals surface area contributed by atoms with Gasteiger partial charge in [0.05, 0.1) is 0 Å². The van der Waals surface area contributed by atoms with E-state index >= 15 is 0 Å². The Balaban J connectivity index is 2.34. The van der Waals surface area contributed by atoms with Crippen LogP contribution in [0.2, 0.25) is 0 Å². The first-order chi connectivity index (χ1) is 6.18. The van der Waals surface area contributed by atoms with Gasteiger partial charge < -0.3 is 10.7 Å². The molecule has 3 N–H and O–H groups in total. The second kappa shape index (κ2) is 3.00. The zero-order valence-corrected chi connectivity index (χ0v) is 7.71. The van der Waals surface area contributed by atoms with Crippen molar-refractivity contribution in [3.63, 3.8) is 0 Å². The summed E-state index contributed by atoms with van der Waals surface area (Å²) in [5, 5.41) is 0. The molecule has 1 saturated carbocycles. The van der Waals surface area contributed by atoms with E-state index in [0.29, 0.717) is 5.92 Å². The monoisotopic (exact) mass is 178 g/mol. The predicted molar refractivity (Wildman–Crippen MR) is 51.5 cm³/mol. The van der Waals surface area contributed by atoms with Crippen molar-refractivity contribution in [2.45, 2.75) is 25.8 Å². The fraction of sp³-hybridized carbons (Fsp3) is 0.500. The normalized spacial score (nSPS) is 18.6. The first-order valence-electron chi connectivity index (χ1n) is 4.63. The maximum absolute atomic E-state index is 11.5. The van der Waals surface area contributed by atoms with Crippen LogP contribution in [0.4, 0.5) is 0 Å². The number of hydrogen-bond acceptors (Lipinski definition) is 2. The third kappa shape index (κ3) is 1.65. The molecule has 1 aliphatic carbocycles. The molecule has 1 atom stereocenters. The van der Waals surface area contributed by atoms with Crippen LogP contribution in [-0.2, 0) is 0 Å². The average molecular weight is 178 g/mol. The first kappa shape index (κ1) is 8.51. The van der Waals surface area contributed by atoms with Gasteiger partial charge in [-0.15, -0.1) is 0 Å². The molecule has 1 aromatic rings. The third-order valence-electron chi connectivity index (χ3n) is 2.58. The molecule has 1 heterocycles. The van der Waals surface area contributed by atoms with Crippen molar-refractivity contribution in [2.24, 2.45) is 11.7 Å². The van der Waals surface area contributed by atoms with Crippen molar-refractivity contribution in [1.29, 1.82) is 0 Å². The number of H-pyrrole nitrogens is 1. The molecule has 1 fully saturated rings. The Hall–Kier alpha value is -1.09. The van der Waals surface area contributed by atoms with Crippen molar-refractivity contribution in [2.75, 3.05) is 0 Å². The molecule has 0 unspecified atom stereocenters. The Bertz CT molecular complexity index is 365. The molecule has 0 amide bonds. The molecular weight excluding hydrogens is 164 g/mol. The van der Waals surface area contributed by atoms with Gasteiger partial charge in [-0.05, 0) is 25.7 Å². The van der Waals surface area contributed by atoms with Crippen molar-refractivity contribution in [1.82, 2.24) is 4.98 Å². The fourth-order valence-electron chi connectivity index (χ4n) is 1.55. The van der Waals surface area contributed by atoms with Crippen molar-refractivity contribution < 1.29 is 0 Å². The number of aromatic amines is 1. The van der Waals surface area contributed by atoms with Gasteiger partial charge in [0, 0.05) is 29.6 Å². The van der Waals surface area contributed by atoms with E-state index in [0.717, 1.165) is 24.1 Å². The lowest BCUT2D eigenvalue weighted by Gasteiger charge is -2.09. The van der Waals surface area contributed by atoms with Gasteiger partial charge >= 0.3 is 0 Å². The van der Waals surface area contributed by atoms with Gasteiger partial charge in [-0.3, -0.25) is 4.79 Å².